The zero-order chi connectivity index (χ0) is 21.5. The molecule has 1 heterocycles. The van der Waals surface area contributed by atoms with Crippen LogP contribution in [0.2, 0.25) is 0 Å². The Bertz CT molecular complexity index is 1100. The fourth-order valence-electron chi connectivity index (χ4n) is 3.13. The molecule has 0 aliphatic heterocycles. The molecule has 0 atom stereocenters. The molecule has 1 aromatic heterocycles. The lowest BCUT2D eigenvalue weighted by Gasteiger charge is -2.12. The summed E-state index contributed by atoms with van der Waals surface area (Å²) in [5, 5.41) is 0.731. The lowest BCUT2D eigenvalue weighted by atomic mass is 10.0. The molecule has 0 aliphatic carbocycles. The average molecular weight is 408 g/mol. The van der Waals surface area contributed by atoms with E-state index in [0.29, 0.717) is 24.2 Å². The molecule has 6 nitrogen and oxygen atoms in total. The predicted octanol–water partition coefficient (Wildman–Crippen LogP) is 4.14. The van der Waals surface area contributed by atoms with Gasteiger partial charge in [0.05, 0.1) is 13.0 Å². The molecule has 30 heavy (non-hydrogen) atoms. The maximum absolute atomic E-state index is 12.5. The van der Waals surface area contributed by atoms with Gasteiger partial charge in [0, 0.05) is 23.9 Å². The van der Waals surface area contributed by atoms with Crippen LogP contribution in [0.25, 0.3) is 11.0 Å². The lowest BCUT2D eigenvalue weighted by Crippen LogP contribution is -2.13. The van der Waals surface area contributed by atoms with Crippen molar-refractivity contribution in [3.05, 3.63) is 75.6 Å². The molecule has 0 unspecified atom stereocenters. The Hall–Kier alpha value is -3.41. The molecule has 6 heteroatoms. The van der Waals surface area contributed by atoms with E-state index in [1.807, 2.05) is 37.3 Å². The van der Waals surface area contributed by atoms with E-state index in [1.165, 1.54) is 6.07 Å². The van der Waals surface area contributed by atoms with E-state index in [0.717, 1.165) is 22.9 Å². The maximum atomic E-state index is 12.5. The van der Waals surface area contributed by atoms with Crippen LogP contribution in [0.1, 0.15) is 36.5 Å². The first-order valence-corrected chi connectivity index (χ1v) is 9.94. The van der Waals surface area contributed by atoms with Crippen molar-refractivity contribution in [2.24, 2.45) is 0 Å². The Morgan fingerprint density at radius 3 is 2.53 bits per heavy atom. The summed E-state index contributed by atoms with van der Waals surface area (Å²) in [5.41, 5.74) is 2.11. The summed E-state index contributed by atoms with van der Waals surface area (Å²) in [6.07, 6.45) is 1.35. The summed E-state index contributed by atoms with van der Waals surface area (Å²) in [5.74, 6) is -0.472. The van der Waals surface area contributed by atoms with Gasteiger partial charge in [0.1, 0.15) is 11.3 Å². The minimum atomic E-state index is -0.475. The summed E-state index contributed by atoms with van der Waals surface area (Å²) in [6, 6.07) is 14.0. The molecule has 0 radical (unpaired) electrons. The van der Waals surface area contributed by atoms with Gasteiger partial charge in [0.25, 0.3) is 0 Å². The van der Waals surface area contributed by atoms with Gasteiger partial charge in [-0.2, -0.15) is 0 Å². The molecule has 156 valence electrons. The smallest absolute Gasteiger partial charge is 0.336 e. The van der Waals surface area contributed by atoms with Crippen molar-refractivity contribution < 1.29 is 23.5 Å². The van der Waals surface area contributed by atoms with Gasteiger partial charge in [0.2, 0.25) is 0 Å². The Morgan fingerprint density at radius 1 is 1.03 bits per heavy atom. The molecule has 0 N–H and O–H groups in total. The number of carbonyl (C=O) groups is 2. The van der Waals surface area contributed by atoms with Crippen molar-refractivity contribution in [2.45, 2.75) is 39.5 Å². The Labute approximate surface area is 174 Å². The first kappa shape index (κ1) is 21.3. The number of carbonyl (C=O) groups excluding carboxylic acids is 2. The molecule has 0 amide bonds. The lowest BCUT2D eigenvalue weighted by molar-refractivity contribution is -0.143. The van der Waals surface area contributed by atoms with Crippen molar-refractivity contribution in [1.29, 1.82) is 0 Å². The van der Waals surface area contributed by atoms with Crippen molar-refractivity contribution in [2.75, 3.05) is 6.61 Å². The molecule has 3 rings (SSSR count). The summed E-state index contributed by atoms with van der Waals surface area (Å²) in [4.78, 5) is 36.2. The van der Waals surface area contributed by atoms with Crippen molar-refractivity contribution in [3.63, 3.8) is 0 Å². The van der Waals surface area contributed by atoms with Crippen LogP contribution in [0.5, 0.6) is 5.75 Å². The van der Waals surface area contributed by atoms with Crippen LogP contribution in [-0.2, 0) is 27.2 Å². The van der Waals surface area contributed by atoms with Crippen LogP contribution < -0.4 is 10.4 Å². The zero-order valence-electron chi connectivity index (χ0n) is 17.1. The average Bonchev–Trinajstić information content (AvgIpc) is 2.71. The van der Waals surface area contributed by atoms with Crippen LogP contribution in [-0.4, -0.2) is 18.5 Å². The number of aryl methyl sites for hydroxylation is 2. The maximum Gasteiger partial charge on any atom is 0.336 e. The fourth-order valence-corrected chi connectivity index (χ4v) is 3.13. The van der Waals surface area contributed by atoms with Crippen LogP contribution >= 0.6 is 0 Å². The summed E-state index contributed by atoms with van der Waals surface area (Å²) >= 11 is 0. The topological polar surface area (TPSA) is 82.8 Å². The SMILES string of the molecule is CCCOC(=O)CCc1cc2c(C)cc(=O)oc2cc1OC(=O)Cc1ccccc1. The van der Waals surface area contributed by atoms with Crippen LogP contribution in [0, 0.1) is 6.92 Å². The highest BCUT2D eigenvalue weighted by Crippen LogP contribution is 2.29. The standard InChI is InChI=1S/C24H24O6/c1-3-11-28-22(25)10-9-18-14-19-16(2)12-23(26)30-21(19)15-20(18)29-24(27)13-17-7-5-4-6-8-17/h4-8,12,14-15H,3,9-11,13H2,1-2H3. The molecule has 0 bridgehead atoms. The number of ether oxygens (including phenoxy) is 2. The summed E-state index contributed by atoms with van der Waals surface area (Å²) in [7, 11) is 0. The van der Waals surface area contributed by atoms with Gasteiger partial charge in [0.15, 0.2) is 0 Å². The highest BCUT2D eigenvalue weighted by molar-refractivity contribution is 5.84. The Kier molecular flexibility index (Phi) is 7.01. The third-order valence-electron chi connectivity index (χ3n) is 4.61. The van der Waals surface area contributed by atoms with Gasteiger partial charge in [-0.05, 0) is 42.5 Å². The normalized spacial score (nSPS) is 10.7. The van der Waals surface area contributed by atoms with E-state index in [-0.39, 0.29) is 24.6 Å². The van der Waals surface area contributed by atoms with E-state index >= 15 is 0 Å². The van der Waals surface area contributed by atoms with E-state index < -0.39 is 11.6 Å². The van der Waals surface area contributed by atoms with E-state index in [1.54, 1.807) is 19.1 Å². The second-order valence-electron chi connectivity index (χ2n) is 7.06. The monoisotopic (exact) mass is 408 g/mol. The van der Waals surface area contributed by atoms with E-state index in [9.17, 15) is 14.4 Å². The van der Waals surface area contributed by atoms with Gasteiger partial charge < -0.3 is 13.9 Å². The molecule has 0 aliphatic rings. The number of fused-ring (bicyclic) bond motifs is 1. The first-order valence-electron chi connectivity index (χ1n) is 9.94. The minimum Gasteiger partial charge on any atom is -0.466 e. The Morgan fingerprint density at radius 2 is 1.80 bits per heavy atom. The first-order chi connectivity index (χ1) is 14.5. The second kappa shape index (κ2) is 9.87. The number of rotatable bonds is 8. The van der Waals surface area contributed by atoms with Gasteiger partial charge in [-0.25, -0.2) is 4.79 Å². The quantitative estimate of drug-likeness (QED) is 0.317. The van der Waals surface area contributed by atoms with Crippen LogP contribution in [0.4, 0.5) is 0 Å². The number of esters is 2. The molecule has 0 saturated heterocycles. The molecule has 2 aromatic carbocycles. The molecular formula is C24H24O6. The summed E-state index contributed by atoms with van der Waals surface area (Å²) in [6.45, 7) is 4.11. The van der Waals surface area contributed by atoms with E-state index in [4.69, 9.17) is 13.9 Å². The van der Waals surface area contributed by atoms with Crippen molar-refractivity contribution >= 4 is 22.9 Å². The number of benzene rings is 2. The van der Waals surface area contributed by atoms with Crippen LogP contribution in [0.3, 0.4) is 0 Å². The minimum absolute atomic E-state index is 0.106. The molecular weight excluding hydrogens is 384 g/mol. The highest BCUT2D eigenvalue weighted by atomic mass is 16.5. The predicted molar refractivity (Wildman–Crippen MR) is 113 cm³/mol. The highest BCUT2D eigenvalue weighted by Gasteiger charge is 2.16. The summed E-state index contributed by atoms with van der Waals surface area (Å²) < 4.78 is 16.0. The van der Waals surface area contributed by atoms with Gasteiger partial charge in [-0.15, -0.1) is 0 Å². The van der Waals surface area contributed by atoms with Gasteiger partial charge in [-0.3, -0.25) is 9.59 Å². The number of hydrogen-bond donors (Lipinski definition) is 0. The molecule has 3 aromatic rings. The molecule has 0 fully saturated rings. The second-order valence-corrected chi connectivity index (χ2v) is 7.06. The fraction of sp³-hybridized carbons (Fsp3) is 0.292. The zero-order valence-corrected chi connectivity index (χ0v) is 17.1. The van der Waals surface area contributed by atoms with Crippen LogP contribution in [0.15, 0.2) is 57.7 Å². The van der Waals surface area contributed by atoms with Gasteiger partial charge >= 0.3 is 17.6 Å². The van der Waals surface area contributed by atoms with Crippen molar-refractivity contribution in [3.8, 4) is 5.75 Å². The molecule has 0 spiro atoms. The van der Waals surface area contributed by atoms with Crippen molar-refractivity contribution in [1.82, 2.24) is 0 Å². The van der Waals surface area contributed by atoms with Gasteiger partial charge in [-0.1, -0.05) is 37.3 Å². The number of hydrogen-bond acceptors (Lipinski definition) is 6. The molecule has 0 saturated carbocycles. The van der Waals surface area contributed by atoms with E-state index in [2.05, 4.69) is 0 Å². The third-order valence-corrected chi connectivity index (χ3v) is 4.61. The third kappa shape index (κ3) is 5.56. The largest absolute Gasteiger partial charge is 0.466 e. The Balaban J connectivity index is 1.88.